The molecule has 0 fully saturated rings. The third-order valence-corrected chi connectivity index (χ3v) is 4.24. The van der Waals surface area contributed by atoms with Crippen molar-refractivity contribution in [2.24, 2.45) is 0 Å². The first kappa shape index (κ1) is 20.2. The molecule has 0 unspecified atom stereocenters. The van der Waals surface area contributed by atoms with Gasteiger partial charge in [0.05, 0.1) is 32.7 Å². The number of allylic oxidation sites excluding steroid dienone is 1. The van der Waals surface area contributed by atoms with Crippen LogP contribution in [0.4, 0.5) is 11.4 Å². The lowest BCUT2D eigenvalue weighted by Gasteiger charge is -2.16. The molecule has 0 aromatic heterocycles. The molecule has 0 radical (unpaired) electrons. The summed E-state index contributed by atoms with van der Waals surface area (Å²) < 4.78 is 16.2. The number of benzene rings is 2. The Labute approximate surface area is 160 Å². The highest BCUT2D eigenvalue weighted by atomic mass is 16.5. The summed E-state index contributed by atoms with van der Waals surface area (Å²) in [6, 6.07) is 8.87. The number of hydrogen-bond acceptors (Lipinski definition) is 6. The third-order valence-electron chi connectivity index (χ3n) is 4.24. The van der Waals surface area contributed by atoms with Crippen molar-refractivity contribution in [2.45, 2.75) is 6.92 Å². The summed E-state index contributed by atoms with van der Waals surface area (Å²) in [5.41, 5.74) is 9.27. The SMILES string of the molecule is COc1ccc(C=C(C)C(=O)c2ccc(N)c(N(C)C)c2)c(OC)c1OC. The van der Waals surface area contributed by atoms with Crippen molar-refractivity contribution in [2.75, 3.05) is 46.1 Å². The van der Waals surface area contributed by atoms with Crippen LogP contribution >= 0.6 is 0 Å². The second kappa shape index (κ2) is 8.49. The number of methoxy groups -OCH3 is 3. The van der Waals surface area contributed by atoms with E-state index in [0.717, 1.165) is 11.3 Å². The molecule has 0 aliphatic rings. The number of carbonyl (C=O) groups is 1. The molecule has 27 heavy (non-hydrogen) atoms. The molecule has 6 nitrogen and oxygen atoms in total. The highest BCUT2D eigenvalue weighted by Gasteiger charge is 2.17. The Morgan fingerprint density at radius 1 is 1.00 bits per heavy atom. The first-order valence-corrected chi connectivity index (χ1v) is 8.42. The second-order valence-corrected chi connectivity index (χ2v) is 6.25. The molecular formula is C21H26N2O4. The van der Waals surface area contributed by atoms with E-state index in [4.69, 9.17) is 19.9 Å². The number of rotatable bonds is 7. The van der Waals surface area contributed by atoms with Crippen molar-refractivity contribution in [3.8, 4) is 17.2 Å². The van der Waals surface area contributed by atoms with E-state index in [2.05, 4.69) is 0 Å². The number of ketones is 1. The molecule has 2 aromatic carbocycles. The van der Waals surface area contributed by atoms with Gasteiger partial charge in [0.25, 0.3) is 0 Å². The molecule has 0 spiro atoms. The molecule has 2 N–H and O–H groups in total. The number of anilines is 2. The Bertz CT molecular complexity index is 873. The summed E-state index contributed by atoms with van der Waals surface area (Å²) in [5, 5.41) is 0. The molecule has 144 valence electrons. The Morgan fingerprint density at radius 3 is 2.22 bits per heavy atom. The number of Topliss-reactive ketones (excluding diaryl/α,β-unsaturated/α-hetero) is 1. The lowest BCUT2D eigenvalue weighted by Crippen LogP contribution is -2.12. The van der Waals surface area contributed by atoms with Gasteiger partial charge in [-0.25, -0.2) is 0 Å². The van der Waals surface area contributed by atoms with Gasteiger partial charge in [0.15, 0.2) is 17.3 Å². The van der Waals surface area contributed by atoms with E-state index in [-0.39, 0.29) is 5.78 Å². The normalized spacial score (nSPS) is 11.1. The van der Waals surface area contributed by atoms with Crippen molar-refractivity contribution in [3.63, 3.8) is 0 Å². The number of ether oxygens (including phenoxy) is 3. The Morgan fingerprint density at radius 2 is 1.67 bits per heavy atom. The lowest BCUT2D eigenvalue weighted by molar-refractivity contribution is 0.103. The summed E-state index contributed by atoms with van der Waals surface area (Å²) in [6.45, 7) is 1.77. The molecular weight excluding hydrogens is 344 g/mol. The van der Waals surface area contributed by atoms with Crippen molar-refractivity contribution in [1.82, 2.24) is 0 Å². The van der Waals surface area contributed by atoms with Crippen LogP contribution in [0.15, 0.2) is 35.9 Å². The lowest BCUT2D eigenvalue weighted by atomic mass is 10.0. The van der Waals surface area contributed by atoms with Gasteiger partial charge < -0.3 is 24.8 Å². The molecule has 6 heteroatoms. The number of nitrogens with two attached hydrogens (primary N) is 1. The average Bonchev–Trinajstić information content (AvgIpc) is 2.66. The minimum atomic E-state index is -0.0880. The van der Waals surface area contributed by atoms with Crippen LogP contribution in [0.5, 0.6) is 17.2 Å². The zero-order valence-corrected chi connectivity index (χ0v) is 16.6. The molecule has 0 aliphatic heterocycles. The quantitative estimate of drug-likeness (QED) is 0.456. The smallest absolute Gasteiger partial charge is 0.203 e. The van der Waals surface area contributed by atoms with Gasteiger partial charge in [-0.3, -0.25) is 4.79 Å². The summed E-state index contributed by atoms with van der Waals surface area (Å²) >= 11 is 0. The van der Waals surface area contributed by atoms with Crippen molar-refractivity contribution >= 4 is 23.2 Å². The van der Waals surface area contributed by atoms with Gasteiger partial charge in [-0.2, -0.15) is 0 Å². The van der Waals surface area contributed by atoms with E-state index in [0.29, 0.717) is 34.1 Å². The van der Waals surface area contributed by atoms with Gasteiger partial charge in [-0.1, -0.05) is 0 Å². The predicted molar refractivity (Wildman–Crippen MR) is 109 cm³/mol. The monoisotopic (exact) mass is 370 g/mol. The first-order chi connectivity index (χ1) is 12.8. The topological polar surface area (TPSA) is 74.0 Å². The highest BCUT2D eigenvalue weighted by Crippen LogP contribution is 2.40. The highest BCUT2D eigenvalue weighted by molar-refractivity contribution is 6.11. The van der Waals surface area contributed by atoms with E-state index >= 15 is 0 Å². The molecule has 0 atom stereocenters. The van der Waals surface area contributed by atoms with Crippen molar-refractivity contribution < 1.29 is 19.0 Å². The maximum absolute atomic E-state index is 12.9. The first-order valence-electron chi connectivity index (χ1n) is 8.42. The second-order valence-electron chi connectivity index (χ2n) is 6.25. The van der Waals surface area contributed by atoms with Gasteiger partial charge in [0.2, 0.25) is 5.75 Å². The van der Waals surface area contributed by atoms with Crippen LogP contribution in [0.25, 0.3) is 6.08 Å². The maximum atomic E-state index is 12.9. The number of nitrogens with zero attached hydrogens (tertiary/aromatic N) is 1. The summed E-state index contributed by atoms with van der Waals surface area (Å²) in [5.74, 6) is 1.46. The fourth-order valence-electron chi connectivity index (χ4n) is 2.84. The number of carbonyl (C=O) groups excluding carboxylic acids is 1. The Hall–Kier alpha value is -3.15. The summed E-state index contributed by atoms with van der Waals surface area (Å²) in [7, 11) is 8.43. The van der Waals surface area contributed by atoms with E-state index in [1.807, 2.05) is 25.1 Å². The van der Waals surface area contributed by atoms with E-state index in [1.54, 1.807) is 58.6 Å². The van der Waals surface area contributed by atoms with Gasteiger partial charge in [0, 0.05) is 25.2 Å². The van der Waals surface area contributed by atoms with Crippen LogP contribution in [0, 0.1) is 0 Å². The Kier molecular flexibility index (Phi) is 6.34. The van der Waals surface area contributed by atoms with E-state index in [1.165, 1.54) is 0 Å². The van der Waals surface area contributed by atoms with Crippen molar-refractivity contribution in [1.29, 1.82) is 0 Å². The van der Waals surface area contributed by atoms with Crippen LogP contribution in [-0.4, -0.2) is 41.2 Å². The largest absolute Gasteiger partial charge is 0.493 e. The summed E-state index contributed by atoms with van der Waals surface area (Å²) in [4.78, 5) is 14.8. The standard InChI is InChI=1S/C21H26N2O4/c1-13(19(24)14-7-9-16(22)17(12-14)23(2)3)11-15-8-10-18(25-4)21(27-6)20(15)26-5/h7-12H,22H2,1-6H3. The zero-order chi connectivity index (χ0) is 20.1. The van der Waals surface area contributed by atoms with Crippen LogP contribution in [0.1, 0.15) is 22.8 Å². The van der Waals surface area contributed by atoms with Gasteiger partial charge in [-0.05, 0) is 48.9 Å². The molecule has 0 amide bonds. The van der Waals surface area contributed by atoms with Gasteiger partial charge >= 0.3 is 0 Å². The van der Waals surface area contributed by atoms with Crippen LogP contribution in [0.2, 0.25) is 0 Å². The number of hydrogen-bond donors (Lipinski definition) is 1. The van der Waals surface area contributed by atoms with E-state index < -0.39 is 0 Å². The zero-order valence-electron chi connectivity index (χ0n) is 16.6. The summed E-state index contributed by atoms with van der Waals surface area (Å²) in [6.07, 6.45) is 1.77. The molecule has 0 heterocycles. The molecule has 0 saturated heterocycles. The predicted octanol–water partition coefficient (Wildman–Crippen LogP) is 3.65. The average molecular weight is 370 g/mol. The molecule has 0 aliphatic carbocycles. The maximum Gasteiger partial charge on any atom is 0.203 e. The minimum Gasteiger partial charge on any atom is -0.493 e. The van der Waals surface area contributed by atoms with Gasteiger partial charge in [0.1, 0.15) is 0 Å². The van der Waals surface area contributed by atoms with Gasteiger partial charge in [-0.15, -0.1) is 0 Å². The third kappa shape index (κ3) is 4.16. The molecule has 0 bridgehead atoms. The number of nitrogen functional groups attached to an aromatic ring is 1. The van der Waals surface area contributed by atoms with Crippen LogP contribution in [-0.2, 0) is 0 Å². The minimum absolute atomic E-state index is 0.0880. The molecule has 2 aromatic rings. The Balaban J connectivity index is 2.46. The van der Waals surface area contributed by atoms with Crippen LogP contribution in [0.3, 0.4) is 0 Å². The van der Waals surface area contributed by atoms with E-state index in [9.17, 15) is 4.79 Å². The fraction of sp³-hybridized carbons (Fsp3) is 0.286. The molecule has 2 rings (SSSR count). The fourth-order valence-corrected chi connectivity index (χ4v) is 2.84. The molecule has 0 saturated carbocycles. The van der Waals surface area contributed by atoms with Crippen LogP contribution < -0.4 is 24.8 Å². The van der Waals surface area contributed by atoms with Crippen molar-refractivity contribution in [3.05, 3.63) is 47.0 Å².